The minimum absolute atomic E-state index is 0.213. The first-order valence-corrected chi connectivity index (χ1v) is 7.97. The van der Waals surface area contributed by atoms with E-state index in [0.29, 0.717) is 12.2 Å². The molecule has 0 aliphatic heterocycles. The second kappa shape index (κ2) is 8.11. The Labute approximate surface area is 140 Å². The number of halogens is 3. The number of carbonyl (C=O) groups excluding carboxylic acids is 1. The lowest BCUT2D eigenvalue weighted by molar-refractivity contribution is -0.124. The Kier molecular flexibility index (Phi) is 7.11. The maximum atomic E-state index is 11.8. The molecule has 0 aliphatic rings. The Morgan fingerprint density at radius 1 is 1.24 bits per heavy atom. The summed E-state index contributed by atoms with van der Waals surface area (Å²) in [6, 6.07) is 7.44. The van der Waals surface area contributed by atoms with Gasteiger partial charge in [0.1, 0.15) is 5.75 Å². The number of aryl methyl sites for hydroxylation is 1. The minimum atomic E-state index is -1.75. The van der Waals surface area contributed by atoms with Crippen molar-refractivity contribution < 1.29 is 9.53 Å². The summed E-state index contributed by atoms with van der Waals surface area (Å²) < 4.78 is 3.85. The molecule has 3 nitrogen and oxygen atoms in total. The van der Waals surface area contributed by atoms with Crippen molar-refractivity contribution in [3.8, 4) is 5.75 Å². The highest BCUT2D eigenvalue weighted by molar-refractivity contribution is 6.68. The lowest BCUT2D eigenvalue weighted by atomic mass is 10.1. The summed E-state index contributed by atoms with van der Waals surface area (Å²) in [5.41, 5.74) is 1.18. The summed E-state index contributed by atoms with van der Waals surface area (Å²) >= 11 is 17.6. The Bertz CT molecular complexity index is 455. The normalized spacial score (nSPS) is 13.1. The molecule has 6 heteroatoms. The van der Waals surface area contributed by atoms with Crippen molar-refractivity contribution in [2.45, 2.75) is 43.6 Å². The van der Waals surface area contributed by atoms with Crippen LogP contribution in [0.1, 0.15) is 32.8 Å². The van der Waals surface area contributed by atoms with E-state index in [4.69, 9.17) is 39.5 Å². The molecular weight excluding hydrogens is 333 g/mol. The molecule has 118 valence electrons. The van der Waals surface area contributed by atoms with Crippen LogP contribution in [0.3, 0.4) is 0 Å². The van der Waals surface area contributed by atoms with Crippen LogP contribution in [0.25, 0.3) is 0 Å². The predicted octanol–water partition coefficient (Wildman–Crippen LogP) is 4.49. The van der Waals surface area contributed by atoms with Gasteiger partial charge < -0.3 is 10.1 Å². The fourth-order valence-electron chi connectivity index (χ4n) is 1.69. The Morgan fingerprint density at radius 2 is 1.81 bits per heavy atom. The van der Waals surface area contributed by atoms with Crippen molar-refractivity contribution in [2.24, 2.45) is 5.92 Å². The quantitative estimate of drug-likeness (QED) is 0.605. The molecule has 1 aromatic rings. The molecule has 1 aromatic carbocycles. The van der Waals surface area contributed by atoms with E-state index >= 15 is 0 Å². The number of rotatable bonds is 6. The Morgan fingerprint density at radius 3 is 2.24 bits per heavy atom. The fraction of sp³-hybridized carbons (Fsp3) is 0.533. The van der Waals surface area contributed by atoms with Gasteiger partial charge in [0.05, 0.1) is 0 Å². The van der Waals surface area contributed by atoms with Crippen LogP contribution in [-0.4, -0.2) is 15.9 Å². The number of carbonyl (C=O) groups is 1. The van der Waals surface area contributed by atoms with E-state index in [2.05, 4.69) is 12.2 Å². The summed E-state index contributed by atoms with van der Waals surface area (Å²) in [4.78, 5) is 11.8. The van der Waals surface area contributed by atoms with Gasteiger partial charge in [-0.25, -0.2) is 0 Å². The van der Waals surface area contributed by atoms with E-state index in [1.54, 1.807) is 12.1 Å². The zero-order valence-electron chi connectivity index (χ0n) is 12.3. The number of nitrogens with one attached hydrogen (secondary N) is 1. The topological polar surface area (TPSA) is 38.3 Å². The van der Waals surface area contributed by atoms with Gasteiger partial charge >= 0.3 is 0 Å². The molecule has 0 radical (unpaired) electrons. The highest BCUT2D eigenvalue weighted by Crippen LogP contribution is 2.32. The standard InChI is InChI=1S/C15H20Cl3NO2/c1-4-11-5-7-12(8-6-11)21-14(15(16,17)18)19-13(20)9-10(2)3/h5-8,10,14H,4,9H2,1-3H3,(H,19,20)/t14-/m0/s1. The minimum Gasteiger partial charge on any atom is -0.466 e. The number of hydrogen-bond donors (Lipinski definition) is 1. The monoisotopic (exact) mass is 351 g/mol. The van der Waals surface area contributed by atoms with Crippen LogP contribution in [0.2, 0.25) is 0 Å². The van der Waals surface area contributed by atoms with Gasteiger partial charge in [0.25, 0.3) is 0 Å². The van der Waals surface area contributed by atoms with Crippen LogP contribution in [0.4, 0.5) is 0 Å². The van der Waals surface area contributed by atoms with Crippen LogP contribution in [0.15, 0.2) is 24.3 Å². The zero-order chi connectivity index (χ0) is 16.0. The third kappa shape index (κ3) is 6.77. The van der Waals surface area contributed by atoms with Crippen molar-refractivity contribution in [1.82, 2.24) is 5.32 Å². The molecule has 0 heterocycles. The summed E-state index contributed by atoms with van der Waals surface area (Å²) in [6.07, 6.45) is 0.232. The Hall–Kier alpha value is -0.640. The molecule has 0 spiro atoms. The molecule has 0 fully saturated rings. The highest BCUT2D eigenvalue weighted by atomic mass is 35.6. The average Bonchev–Trinajstić information content (AvgIpc) is 2.36. The van der Waals surface area contributed by atoms with E-state index in [0.717, 1.165) is 6.42 Å². The van der Waals surface area contributed by atoms with E-state index in [-0.39, 0.29) is 11.8 Å². The van der Waals surface area contributed by atoms with Crippen molar-refractivity contribution in [2.75, 3.05) is 0 Å². The van der Waals surface area contributed by atoms with E-state index < -0.39 is 10.0 Å². The zero-order valence-corrected chi connectivity index (χ0v) is 14.6. The second-order valence-corrected chi connectivity index (χ2v) is 7.57. The molecule has 1 amide bonds. The van der Waals surface area contributed by atoms with Gasteiger partial charge in [-0.05, 0) is 30.0 Å². The first-order chi connectivity index (χ1) is 9.72. The molecular formula is C15H20Cl3NO2. The molecule has 1 N–H and O–H groups in total. The van der Waals surface area contributed by atoms with Crippen LogP contribution < -0.4 is 10.1 Å². The SMILES string of the molecule is CCc1ccc(O[C@H](NC(=O)CC(C)C)C(Cl)(Cl)Cl)cc1. The molecule has 0 unspecified atom stereocenters. The van der Waals surface area contributed by atoms with Gasteiger partial charge in [-0.3, -0.25) is 4.79 Å². The van der Waals surface area contributed by atoms with Crippen LogP contribution >= 0.6 is 34.8 Å². The van der Waals surface area contributed by atoms with Gasteiger partial charge in [0, 0.05) is 6.42 Å². The molecule has 1 atom stereocenters. The van der Waals surface area contributed by atoms with Crippen LogP contribution in [-0.2, 0) is 11.2 Å². The van der Waals surface area contributed by atoms with Gasteiger partial charge in [0.15, 0.2) is 0 Å². The maximum Gasteiger partial charge on any atom is 0.246 e. The number of ether oxygens (including phenoxy) is 1. The van der Waals surface area contributed by atoms with Crippen LogP contribution in [0.5, 0.6) is 5.75 Å². The third-order valence-corrected chi connectivity index (χ3v) is 3.36. The van der Waals surface area contributed by atoms with Crippen molar-refractivity contribution >= 4 is 40.7 Å². The average molecular weight is 353 g/mol. The molecule has 0 saturated carbocycles. The Balaban J connectivity index is 2.76. The second-order valence-electron chi connectivity index (χ2n) is 5.20. The molecule has 0 bridgehead atoms. The number of alkyl halides is 3. The summed E-state index contributed by atoms with van der Waals surface area (Å²) in [5.74, 6) is 0.532. The van der Waals surface area contributed by atoms with Crippen molar-refractivity contribution in [3.63, 3.8) is 0 Å². The van der Waals surface area contributed by atoms with Gasteiger partial charge in [-0.15, -0.1) is 0 Å². The molecule has 0 aromatic heterocycles. The lowest BCUT2D eigenvalue weighted by Crippen LogP contribution is -2.48. The first-order valence-electron chi connectivity index (χ1n) is 6.84. The largest absolute Gasteiger partial charge is 0.466 e. The van der Waals surface area contributed by atoms with Crippen LogP contribution in [0, 0.1) is 5.92 Å². The third-order valence-electron chi connectivity index (χ3n) is 2.77. The van der Waals surface area contributed by atoms with Gasteiger partial charge in [-0.1, -0.05) is 67.7 Å². The van der Waals surface area contributed by atoms with E-state index in [9.17, 15) is 4.79 Å². The maximum absolute atomic E-state index is 11.8. The lowest BCUT2D eigenvalue weighted by Gasteiger charge is -2.26. The van der Waals surface area contributed by atoms with Crippen molar-refractivity contribution in [3.05, 3.63) is 29.8 Å². The number of hydrogen-bond acceptors (Lipinski definition) is 2. The summed E-state index contributed by atoms with van der Waals surface area (Å²) in [5, 5.41) is 2.61. The number of benzene rings is 1. The summed E-state index contributed by atoms with van der Waals surface area (Å²) in [6.45, 7) is 5.94. The molecule has 21 heavy (non-hydrogen) atoms. The highest BCUT2D eigenvalue weighted by Gasteiger charge is 2.36. The molecule has 1 rings (SSSR count). The van der Waals surface area contributed by atoms with E-state index in [1.807, 2.05) is 26.0 Å². The van der Waals surface area contributed by atoms with E-state index in [1.165, 1.54) is 5.56 Å². The fourth-order valence-corrected chi connectivity index (χ4v) is 1.99. The van der Waals surface area contributed by atoms with Gasteiger partial charge in [0.2, 0.25) is 15.9 Å². The number of amides is 1. The smallest absolute Gasteiger partial charge is 0.246 e. The van der Waals surface area contributed by atoms with Crippen molar-refractivity contribution in [1.29, 1.82) is 0 Å². The summed E-state index contributed by atoms with van der Waals surface area (Å²) in [7, 11) is 0. The van der Waals surface area contributed by atoms with Gasteiger partial charge in [-0.2, -0.15) is 0 Å². The molecule has 0 aliphatic carbocycles. The predicted molar refractivity (Wildman–Crippen MR) is 88.1 cm³/mol. The molecule has 0 saturated heterocycles. The first kappa shape index (κ1) is 18.4.